The van der Waals surface area contributed by atoms with Crippen molar-refractivity contribution in [2.45, 2.75) is 32.7 Å². The minimum atomic E-state index is -0.0992. The van der Waals surface area contributed by atoms with Crippen LogP contribution in [0.1, 0.15) is 26.7 Å². The average molecular weight is 214 g/mol. The summed E-state index contributed by atoms with van der Waals surface area (Å²) in [6.45, 7) is 7.94. The van der Waals surface area contributed by atoms with Gasteiger partial charge in [0, 0.05) is 12.6 Å². The molecule has 1 heterocycles. The first kappa shape index (κ1) is 12.5. The molecule has 0 saturated carbocycles. The molecule has 0 spiro atoms. The molecule has 0 aromatic carbocycles. The summed E-state index contributed by atoms with van der Waals surface area (Å²) in [6, 6.07) is 0.509. The first-order valence-electron chi connectivity index (χ1n) is 5.88. The van der Waals surface area contributed by atoms with Crippen LogP contribution in [0.2, 0.25) is 0 Å². The van der Waals surface area contributed by atoms with Gasteiger partial charge < -0.3 is 10.1 Å². The molecule has 0 bridgehead atoms. The van der Waals surface area contributed by atoms with Crippen LogP contribution in [0.15, 0.2) is 0 Å². The van der Waals surface area contributed by atoms with Crippen molar-refractivity contribution in [3.8, 4) is 0 Å². The molecule has 15 heavy (non-hydrogen) atoms. The van der Waals surface area contributed by atoms with Gasteiger partial charge in [-0.25, -0.2) is 0 Å². The van der Waals surface area contributed by atoms with Crippen molar-refractivity contribution in [3.63, 3.8) is 0 Å². The van der Waals surface area contributed by atoms with Crippen LogP contribution in [0.4, 0.5) is 0 Å². The average Bonchev–Trinajstić information content (AvgIpc) is 2.70. The molecule has 1 N–H and O–H groups in total. The third-order valence-electron chi connectivity index (χ3n) is 2.70. The molecule has 1 unspecified atom stereocenters. The van der Waals surface area contributed by atoms with E-state index < -0.39 is 0 Å². The van der Waals surface area contributed by atoms with Gasteiger partial charge in [-0.15, -0.1) is 0 Å². The van der Waals surface area contributed by atoms with Crippen molar-refractivity contribution in [2.75, 3.05) is 32.8 Å². The Bertz CT molecular complexity index is 191. The summed E-state index contributed by atoms with van der Waals surface area (Å²) in [6.07, 6.45) is 2.22. The van der Waals surface area contributed by atoms with Crippen LogP contribution in [-0.4, -0.2) is 49.7 Å². The topological polar surface area (TPSA) is 41.6 Å². The van der Waals surface area contributed by atoms with E-state index in [1.54, 1.807) is 0 Å². The van der Waals surface area contributed by atoms with Gasteiger partial charge in [0.2, 0.25) is 0 Å². The summed E-state index contributed by atoms with van der Waals surface area (Å²) >= 11 is 0. The van der Waals surface area contributed by atoms with E-state index in [9.17, 15) is 4.79 Å². The van der Waals surface area contributed by atoms with E-state index in [1.165, 1.54) is 0 Å². The van der Waals surface area contributed by atoms with Crippen LogP contribution < -0.4 is 5.32 Å². The lowest BCUT2D eigenvalue weighted by Gasteiger charge is -2.26. The van der Waals surface area contributed by atoms with Crippen molar-refractivity contribution >= 4 is 5.97 Å². The molecular formula is C11H22N2O2. The maximum Gasteiger partial charge on any atom is 0.320 e. The number of hydrogen-bond acceptors (Lipinski definition) is 4. The molecule has 1 rings (SSSR count). The number of hydrogen-bond donors (Lipinski definition) is 1. The predicted molar refractivity (Wildman–Crippen MR) is 59.8 cm³/mol. The van der Waals surface area contributed by atoms with E-state index >= 15 is 0 Å². The molecule has 0 radical (unpaired) electrons. The fourth-order valence-corrected chi connectivity index (χ4v) is 2.00. The highest BCUT2D eigenvalue weighted by Gasteiger charge is 2.23. The quantitative estimate of drug-likeness (QED) is 0.658. The first-order chi connectivity index (χ1) is 7.27. The molecule has 4 heteroatoms. The first-order valence-corrected chi connectivity index (χ1v) is 5.88. The van der Waals surface area contributed by atoms with E-state index in [0.717, 1.165) is 32.5 Å². The van der Waals surface area contributed by atoms with Gasteiger partial charge in [0.05, 0.1) is 13.2 Å². The fraction of sp³-hybridized carbons (Fsp3) is 0.909. The van der Waals surface area contributed by atoms with Crippen LogP contribution >= 0.6 is 0 Å². The van der Waals surface area contributed by atoms with Crippen LogP contribution in [0.5, 0.6) is 0 Å². The van der Waals surface area contributed by atoms with Crippen LogP contribution in [-0.2, 0) is 9.53 Å². The Kier molecular flexibility index (Phi) is 5.65. The van der Waals surface area contributed by atoms with E-state index in [0.29, 0.717) is 19.2 Å². The zero-order valence-corrected chi connectivity index (χ0v) is 9.79. The molecule has 1 fully saturated rings. The number of esters is 1. The number of carbonyl (C=O) groups is 1. The SMILES string of the molecule is CCCN(CC(=O)OCC)C1CCNC1. The van der Waals surface area contributed by atoms with Crippen molar-refractivity contribution in [2.24, 2.45) is 0 Å². The lowest BCUT2D eigenvalue weighted by atomic mass is 10.2. The number of carbonyl (C=O) groups excluding carboxylic acids is 1. The molecule has 0 aliphatic carbocycles. The second-order valence-corrected chi connectivity index (χ2v) is 3.92. The van der Waals surface area contributed by atoms with Crippen molar-refractivity contribution in [1.29, 1.82) is 0 Å². The molecule has 1 saturated heterocycles. The monoisotopic (exact) mass is 214 g/mol. The highest BCUT2D eigenvalue weighted by atomic mass is 16.5. The Hall–Kier alpha value is -0.610. The summed E-state index contributed by atoms with van der Waals surface area (Å²) in [4.78, 5) is 13.6. The van der Waals surface area contributed by atoms with Gasteiger partial charge in [-0.1, -0.05) is 6.92 Å². The summed E-state index contributed by atoms with van der Waals surface area (Å²) in [5.41, 5.74) is 0. The summed E-state index contributed by atoms with van der Waals surface area (Å²) < 4.78 is 4.98. The number of ether oxygens (including phenoxy) is 1. The van der Waals surface area contributed by atoms with Crippen LogP contribution in [0.3, 0.4) is 0 Å². The van der Waals surface area contributed by atoms with Gasteiger partial charge >= 0.3 is 5.97 Å². The minimum absolute atomic E-state index is 0.0992. The molecule has 0 aromatic heterocycles. The van der Waals surface area contributed by atoms with E-state index in [4.69, 9.17) is 4.74 Å². The summed E-state index contributed by atoms with van der Waals surface area (Å²) in [5, 5.41) is 3.32. The molecule has 1 atom stereocenters. The van der Waals surface area contributed by atoms with Crippen LogP contribution in [0, 0.1) is 0 Å². The second-order valence-electron chi connectivity index (χ2n) is 3.92. The number of rotatable bonds is 6. The lowest BCUT2D eigenvalue weighted by molar-refractivity contribution is -0.145. The third-order valence-corrected chi connectivity index (χ3v) is 2.70. The van der Waals surface area contributed by atoms with Gasteiger partial charge in [-0.2, -0.15) is 0 Å². The number of nitrogens with one attached hydrogen (secondary N) is 1. The summed E-state index contributed by atoms with van der Waals surface area (Å²) in [5.74, 6) is -0.0992. The largest absolute Gasteiger partial charge is 0.465 e. The minimum Gasteiger partial charge on any atom is -0.465 e. The van der Waals surface area contributed by atoms with Crippen molar-refractivity contribution in [3.05, 3.63) is 0 Å². The Morgan fingerprint density at radius 2 is 2.33 bits per heavy atom. The normalized spacial score (nSPS) is 20.9. The molecular weight excluding hydrogens is 192 g/mol. The Labute approximate surface area is 92.0 Å². The molecule has 0 aromatic rings. The fourth-order valence-electron chi connectivity index (χ4n) is 2.00. The van der Waals surface area contributed by atoms with E-state index in [2.05, 4.69) is 17.1 Å². The van der Waals surface area contributed by atoms with E-state index in [-0.39, 0.29) is 5.97 Å². The zero-order valence-electron chi connectivity index (χ0n) is 9.79. The Morgan fingerprint density at radius 1 is 1.53 bits per heavy atom. The molecule has 1 aliphatic rings. The van der Waals surface area contributed by atoms with Gasteiger partial charge in [0.15, 0.2) is 0 Å². The zero-order chi connectivity index (χ0) is 11.1. The predicted octanol–water partition coefficient (Wildman–Crippen LogP) is 0.623. The summed E-state index contributed by atoms with van der Waals surface area (Å²) in [7, 11) is 0. The van der Waals surface area contributed by atoms with Crippen molar-refractivity contribution in [1.82, 2.24) is 10.2 Å². The van der Waals surface area contributed by atoms with Gasteiger partial charge in [-0.05, 0) is 32.9 Å². The molecule has 4 nitrogen and oxygen atoms in total. The molecule has 1 aliphatic heterocycles. The van der Waals surface area contributed by atoms with Crippen LogP contribution in [0.25, 0.3) is 0 Å². The highest BCUT2D eigenvalue weighted by molar-refractivity contribution is 5.71. The highest BCUT2D eigenvalue weighted by Crippen LogP contribution is 2.09. The van der Waals surface area contributed by atoms with Crippen molar-refractivity contribution < 1.29 is 9.53 Å². The van der Waals surface area contributed by atoms with Gasteiger partial charge in [-0.3, -0.25) is 9.69 Å². The maximum atomic E-state index is 11.4. The molecule has 0 amide bonds. The molecule has 88 valence electrons. The second kappa shape index (κ2) is 6.80. The smallest absolute Gasteiger partial charge is 0.320 e. The lowest BCUT2D eigenvalue weighted by Crippen LogP contribution is -2.41. The van der Waals surface area contributed by atoms with Gasteiger partial charge in [0.25, 0.3) is 0 Å². The van der Waals surface area contributed by atoms with Gasteiger partial charge in [0.1, 0.15) is 0 Å². The Balaban J connectivity index is 2.38. The third kappa shape index (κ3) is 4.18. The standard InChI is InChI=1S/C11H22N2O2/c1-3-7-13(9-11(14)15-4-2)10-5-6-12-8-10/h10,12H,3-9H2,1-2H3. The maximum absolute atomic E-state index is 11.4. The Morgan fingerprint density at radius 3 is 2.87 bits per heavy atom. The van der Waals surface area contributed by atoms with E-state index in [1.807, 2.05) is 6.92 Å². The number of nitrogens with zero attached hydrogens (tertiary/aromatic N) is 1.